The SMILES string of the molecule is Ic1ccc(OCCCN2CCC3(CC2)CC3)nc1. The fourth-order valence-corrected chi connectivity index (χ4v) is 3.16. The molecule has 1 aromatic heterocycles. The Morgan fingerprint density at radius 2 is 2.00 bits per heavy atom. The van der Waals surface area contributed by atoms with E-state index in [2.05, 4.69) is 32.5 Å². The minimum Gasteiger partial charge on any atom is -0.478 e. The maximum Gasteiger partial charge on any atom is 0.213 e. The lowest BCUT2D eigenvalue weighted by Gasteiger charge is -2.31. The molecule has 0 atom stereocenters. The maximum absolute atomic E-state index is 5.66. The third-order valence-electron chi connectivity index (χ3n) is 4.44. The fourth-order valence-electron chi connectivity index (χ4n) is 2.84. The zero-order chi connectivity index (χ0) is 13.1. The maximum atomic E-state index is 5.66. The molecule has 104 valence electrons. The molecule has 0 aromatic carbocycles. The molecule has 2 heterocycles. The molecule has 1 saturated carbocycles. The third-order valence-corrected chi connectivity index (χ3v) is 5.08. The average molecular weight is 372 g/mol. The minimum atomic E-state index is 0.746. The van der Waals surface area contributed by atoms with Gasteiger partial charge in [-0.3, -0.25) is 0 Å². The van der Waals surface area contributed by atoms with Crippen molar-refractivity contribution in [3.05, 3.63) is 21.9 Å². The van der Waals surface area contributed by atoms with E-state index in [0.717, 1.165) is 27.9 Å². The molecule has 3 rings (SSSR count). The molecule has 1 aliphatic carbocycles. The number of rotatable bonds is 5. The van der Waals surface area contributed by atoms with Crippen molar-refractivity contribution in [2.45, 2.75) is 32.1 Å². The smallest absolute Gasteiger partial charge is 0.213 e. The number of nitrogens with zero attached hydrogens (tertiary/aromatic N) is 2. The van der Waals surface area contributed by atoms with E-state index >= 15 is 0 Å². The number of aromatic nitrogens is 1. The monoisotopic (exact) mass is 372 g/mol. The van der Waals surface area contributed by atoms with Crippen LogP contribution in [0.4, 0.5) is 0 Å². The number of likely N-dealkylation sites (tertiary alicyclic amines) is 1. The van der Waals surface area contributed by atoms with Gasteiger partial charge in [0.1, 0.15) is 0 Å². The second kappa shape index (κ2) is 5.95. The van der Waals surface area contributed by atoms with Crippen LogP contribution in [-0.4, -0.2) is 36.1 Å². The van der Waals surface area contributed by atoms with Gasteiger partial charge in [-0.15, -0.1) is 0 Å². The zero-order valence-corrected chi connectivity index (χ0v) is 13.4. The number of hydrogen-bond acceptors (Lipinski definition) is 3. The van der Waals surface area contributed by atoms with Crippen molar-refractivity contribution in [1.82, 2.24) is 9.88 Å². The number of pyridine rings is 1. The topological polar surface area (TPSA) is 25.4 Å². The van der Waals surface area contributed by atoms with Crippen molar-refractivity contribution in [2.75, 3.05) is 26.2 Å². The first-order chi connectivity index (χ1) is 9.26. The third kappa shape index (κ3) is 3.81. The summed E-state index contributed by atoms with van der Waals surface area (Å²) in [5.41, 5.74) is 0.790. The first kappa shape index (κ1) is 13.6. The Kier molecular flexibility index (Phi) is 4.27. The van der Waals surface area contributed by atoms with Crippen LogP contribution in [0.5, 0.6) is 5.88 Å². The average Bonchev–Trinajstić information content (AvgIpc) is 3.19. The van der Waals surface area contributed by atoms with E-state index in [1.807, 2.05) is 18.3 Å². The Hall–Kier alpha value is -0.360. The van der Waals surface area contributed by atoms with Crippen LogP contribution < -0.4 is 4.74 Å². The van der Waals surface area contributed by atoms with Gasteiger partial charge < -0.3 is 9.64 Å². The van der Waals surface area contributed by atoms with Gasteiger partial charge in [-0.25, -0.2) is 4.98 Å². The van der Waals surface area contributed by atoms with Gasteiger partial charge in [0.25, 0.3) is 0 Å². The molecule has 0 amide bonds. The Balaban J connectivity index is 1.31. The van der Waals surface area contributed by atoms with Crippen LogP contribution in [0, 0.1) is 8.99 Å². The summed E-state index contributed by atoms with van der Waals surface area (Å²) in [6, 6.07) is 3.97. The van der Waals surface area contributed by atoms with Gasteiger partial charge in [0, 0.05) is 22.4 Å². The van der Waals surface area contributed by atoms with Crippen LogP contribution in [-0.2, 0) is 0 Å². The predicted octanol–water partition coefficient (Wildman–Crippen LogP) is 3.33. The summed E-state index contributed by atoms with van der Waals surface area (Å²) in [6.45, 7) is 4.53. The van der Waals surface area contributed by atoms with Crippen LogP contribution >= 0.6 is 22.6 Å². The molecule has 0 unspecified atom stereocenters. The molecular formula is C15H21IN2O. The summed E-state index contributed by atoms with van der Waals surface area (Å²) in [5.74, 6) is 0.746. The number of halogens is 1. The molecule has 1 aliphatic heterocycles. The molecule has 0 radical (unpaired) electrons. The number of piperidine rings is 1. The highest BCUT2D eigenvalue weighted by molar-refractivity contribution is 14.1. The zero-order valence-electron chi connectivity index (χ0n) is 11.3. The van der Waals surface area contributed by atoms with Gasteiger partial charge in [-0.05, 0) is 79.3 Å². The van der Waals surface area contributed by atoms with Crippen molar-refractivity contribution >= 4 is 22.6 Å². The van der Waals surface area contributed by atoms with Crippen LogP contribution in [0.25, 0.3) is 0 Å². The second-order valence-corrected chi connectivity index (χ2v) is 7.10. The standard InChI is InChI=1S/C15H21IN2O/c16-13-2-3-14(17-12-13)19-11-1-8-18-9-6-15(4-5-15)7-10-18/h2-3,12H,1,4-11H2. The molecule has 1 saturated heterocycles. The Bertz CT molecular complexity index is 407. The molecule has 2 aliphatic rings. The highest BCUT2D eigenvalue weighted by atomic mass is 127. The molecule has 3 nitrogen and oxygen atoms in total. The van der Waals surface area contributed by atoms with E-state index in [9.17, 15) is 0 Å². The van der Waals surface area contributed by atoms with Crippen LogP contribution in [0.3, 0.4) is 0 Å². The molecular weight excluding hydrogens is 351 g/mol. The van der Waals surface area contributed by atoms with Crippen molar-refractivity contribution in [1.29, 1.82) is 0 Å². The molecule has 4 heteroatoms. The summed E-state index contributed by atoms with van der Waals surface area (Å²) in [7, 11) is 0. The molecule has 0 bridgehead atoms. The highest BCUT2D eigenvalue weighted by Crippen LogP contribution is 2.53. The van der Waals surface area contributed by atoms with Crippen molar-refractivity contribution < 1.29 is 4.74 Å². The van der Waals surface area contributed by atoms with Gasteiger partial charge in [-0.2, -0.15) is 0 Å². The summed E-state index contributed by atoms with van der Waals surface area (Å²) in [4.78, 5) is 6.84. The predicted molar refractivity (Wildman–Crippen MR) is 84.4 cm³/mol. The second-order valence-electron chi connectivity index (χ2n) is 5.86. The van der Waals surface area contributed by atoms with Crippen molar-refractivity contribution in [2.24, 2.45) is 5.41 Å². The Morgan fingerprint density at radius 1 is 1.21 bits per heavy atom. The van der Waals surface area contributed by atoms with Crippen molar-refractivity contribution in [3.8, 4) is 5.88 Å². The molecule has 1 aromatic rings. The molecule has 1 spiro atoms. The Morgan fingerprint density at radius 3 is 2.63 bits per heavy atom. The molecule has 2 fully saturated rings. The summed E-state index contributed by atoms with van der Waals surface area (Å²) in [5, 5.41) is 0. The van der Waals surface area contributed by atoms with Crippen LogP contribution in [0.2, 0.25) is 0 Å². The lowest BCUT2D eigenvalue weighted by Crippen LogP contribution is -2.35. The van der Waals surface area contributed by atoms with E-state index < -0.39 is 0 Å². The quantitative estimate of drug-likeness (QED) is 0.586. The first-order valence-corrected chi connectivity index (χ1v) is 8.30. The molecule has 19 heavy (non-hydrogen) atoms. The van der Waals surface area contributed by atoms with Crippen LogP contribution in [0.15, 0.2) is 18.3 Å². The van der Waals surface area contributed by atoms with E-state index in [0.29, 0.717) is 0 Å². The molecule has 0 N–H and O–H groups in total. The summed E-state index contributed by atoms with van der Waals surface area (Å²) >= 11 is 2.25. The van der Waals surface area contributed by atoms with Gasteiger partial charge in [-0.1, -0.05) is 0 Å². The lowest BCUT2D eigenvalue weighted by atomic mass is 9.94. The number of hydrogen-bond donors (Lipinski definition) is 0. The minimum absolute atomic E-state index is 0.746. The number of ether oxygens (including phenoxy) is 1. The lowest BCUT2D eigenvalue weighted by molar-refractivity contribution is 0.160. The van der Waals surface area contributed by atoms with E-state index in [1.165, 1.54) is 45.3 Å². The Labute approximate surface area is 128 Å². The largest absolute Gasteiger partial charge is 0.478 e. The van der Waals surface area contributed by atoms with Gasteiger partial charge >= 0.3 is 0 Å². The highest BCUT2D eigenvalue weighted by Gasteiger charge is 2.44. The first-order valence-electron chi connectivity index (χ1n) is 7.23. The summed E-state index contributed by atoms with van der Waals surface area (Å²) in [6.07, 6.45) is 8.76. The fraction of sp³-hybridized carbons (Fsp3) is 0.667. The van der Waals surface area contributed by atoms with Gasteiger partial charge in [0.05, 0.1) is 6.61 Å². The van der Waals surface area contributed by atoms with Gasteiger partial charge in [0.2, 0.25) is 5.88 Å². The van der Waals surface area contributed by atoms with Crippen molar-refractivity contribution in [3.63, 3.8) is 0 Å². The van der Waals surface area contributed by atoms with E-state index in [4.69, 9.17) is 4.74 Å². The summed E-state index contributed by atoms with van der Waals surface area (Å²) < 4.78 is 6.81. The van der Waals surface area contributed by atoms with E-state index in [1.54, 1.807) is 0 Å². The van der Waals surface area contributed by atoms with E-state index in [-0.39, 0.29) is 0 Å². The normalized spacial score (nSPS) is 21.5. The van der Waals surface area contributed by atoms with Gasteiger partial charge in [0.15, 0.2) is 0 Å². The van der Waals surface area contributed by atoms with Crippen LogP contribution in [0.1, 0.15) is 32.1 Å².